The molecule has 3 amide bonds. The van der Waals surface area contributed by atoms with Crippen molar-refractivity contribution < 1.29 is 22.8 Å². The van der Waals surface area contributed by atoms with Crippen molar-refractivity contribution in [1.29, 1.82) is 0 Å². The van der Waals surface area contributed by atoms with Gasteiger partial charge in [0.1, 0.15) is 0 Å². The average Bonchev–Trinajstić information content (AvgIpc) is 3.56. The number of nitrogens with zero attached hydrogens (tertiary/aromatic N) is 3. The van der Waals surface area contributed by atoms with Gasteiger partial charge in [-0.2, -0.15) is 0 Å². The van der Waals surface area contributed by atoms with Gasteiger partial charge in [-0.25, -0.2) is 8.42 Å². The number of hydrogen-bond acceptors (Lipinski definition) is 7. The lowest BCUT2D eigenvalue weighted by molar-refractivity contribution is -0.135. The molecule has 0 bridgehead atoms. The van der Waals surface area contributed by atoms with Crippen molar-refractivity contribution in [1.82, 2.24) is 9.80 Å². The van der Waals surface area contributed by atoms with Crippen molar-refractivity contribution in [2.24, 2.45) is 5.92 Å². The van der Waals surface area contributed by atoms with Gasteiger partial charge in [-0.1, -0.05) is 24.3 Å². The molecule has 0 N–H and O–H groups in total. The van der Waals surface area contributed by atoms with E-state index < -0.39 is 27.7 Å². The van der Waals surface area contributed by atoms with Crippen LogP contribution in [0.15, 0.2) is 48.5 Å². The zero-order chi connectivity index (χ0) is 26.6. The highest BCUT2D eigenvalue weighted by molar-refractivity contribution is 7.91. The summed E-state index contributed by atoms with van der Waals surface area (Å²) in [5.41, 5.74) is 1.29. The third kappa shape index (κ3) is 4.39. The van der Waals surface area contributed by atoms with E-state index in [9.17, 15) is 22.8 Å². The van der Waals surface area contributed by atoms with Crippen LogP contribution in [0.3, 0.4) is 0 Å². The van der Waals surface area contributed by atoms with Crippen LogP contribution in [-0.4, -0.2) is 73.6 Å². The first-order valence-electron chi connectivity index (χ1n) is 12.9. The quantitative estimate of drug-likeness (QED) is 0.450. The fraction of sp³-hybridized carbons (Fsp3) is 0.393. The van der Waals surface area contributed by atoms with Crippen molar-refractivity contribution >= 4 is 54.7 Å². The number of hydrogen-bond donors (Lipinski definition) is 0. The molecule has 38 heavy (non-hydrogen) atoms. The van der Waals surface area contributed by atoms with E-state index in [1.807, 2.05) is 30.1 Å². The molecular formula is C28H29N3O5S2. The Morgan fingerprint density at radius 2 is 1.89 bits per heavy atom. The average molecular weight is 552 g/mol. The van der Waals surface area contributed by atoms with Gasteiger partial charge in [0, 0.05) is 29.7 Å². The maximum absolute atomic E-state index is 13.5. The van der Waals surface area contributed by atoms with Crippen molar-refractivity contribution in [2.75, 3.05) is 36.5 Å². The van der Waals surface area contributed by atoms with Crippen LogP contribution in [0, 0.1) is 5.92 Å². The number of piperidine rings is 1. The number of anilines is 1. The molecule has 0 radical (unpaired) electrons. The number of imide groups is 1. The number of amides is 3. The summed E-state index contributed by atoms with van der Waals surface area (Å²) in [5.74, 6) is -1.20. The largest absolute Gasteiger partial charge is 0.370 e. The summed E-state index contributed by atoms with van der Waals surface area (Å²) in [6.07, 6.45) is 1.83. The van der Waals surface area contributed by atoms with E-state index in [1.54, 1.807) is 28.4 Å². The molecule has 8 nitrogen and oxygen atoms in total. The van der Waals surface area contributed by atoms with Gasteiger partial charge in [-0.3, -0.25) is 19.3 Å². The predicted octanol–water partition coefficient (Wildman–Crippen LogP) is 3.56. The van der Waals surface area contributed by atoms with Crippen LogP contribution >= 0.6 is 11.3 Å². The van der Waals surface area contributed by atoms with Gasteiger partial charge in [-0.15, -0.1) is 11.3 Å². The lowest BCUT2D eigenvalue weighted by Crippen LogP contribution is -2.44. The number of carbonyl (C=O) groups is 3. The molecule has 2 fully saturated rings. The molecule has 2 saturated heterocycles. The molecule has 0 unspecified atom stereocenters. The highest BCUT2D eigenvalue weighted by Crippen LogP contribution is 2.37. The Labute approximate surface area is 225 Å². The number of sulfone groups is 1. The third-order valence-electron chi connectivity index (χ3n) is 7.85. The maximum Gasteiger partial charge on any atom is 0.263 e. The second-order valence-electron chi connectivity index (χ2n) is 10.5. The third-order valence-corrected chi connectivity index (χ3v) is 10.7. The molecule has 3 aromatic rings. The minimum Gasteiger partial charge on any atom is -0.370 e. The zero-order valence-corrected chi connectivity index (χ0v) is 22.8. The smallest absolute Gasteiger partial charge is 0.263 e. The number of thiophene rings is 1. The Morgan fingerprint density at radius 1 is 1.08 bits per heavy atom. The molecule has 0 aliphatic carbocycles. The Bertz CT molecular complexity index is 1530. The lowest BCUT2D eigenvalue weighted by atomic mass is 9.95. The molecule has 2 aromatic carbocycles. The van der Waals surface area contributed by atoms with Gasteiger partial charge in [0.15, 0.2) is 9.84 Å². The number of benzene rings is 2. The predicted molar refractivity (Wildman–Crippen MR) is 147 cm³/mol. The van der Waals surface area contributed by atoms with Crippen LogP contribution in [-0.2, 0) is 21.2 Å². The molecule has 0 saturated carbocycles. The summed E-state index contributed by atoms with van der Waals surface area (Å²) < 4.78 is 25.2. The minimum atomic E-state index is -3.25. The Morgan fingerprint density at radius 3 is 2.66 bits per heavy atom. The van der Waals surface area contributed by atoms with Crippen molar-refractivity contribution in [3.05, 3.63) is 64.5 Å². The first kappa shape index (κ1) is 25.1. The SMILES string of the molecule is CN(Cc1cc2ccccc2s1)C(=O)[C@H]1CCCN(c2cccc3c2C(=O)N([C@H]2CCS(=O)(=O)C2)C3=O)C1. The molecule has 1 aromatic heterocycles. The second-order valence-corrected chi connectivity index (χ2v) is 13.9. The summed E-state index contributed by atoms with van der Waals surface area (Å²) in [6, 6.07) is 14.9. The van der Waals surface area contributed by atoms with E-state index in [1.165, 1.54) is 10.1 Å². The number of carbonyl (C=O) groups excluding carboxylic acids is 3. The van der Waals surface area contributed by atoms with E-state index in [-0.39, 0.29) is 29.8 Å². The Hall–Kier alpha value is -3.24. The van der Waals surface area contributed by atoms with E-state index in [0.29, 0.717) is 36.4 Å². The van der Waals surface area contributed by atoms with Gasteiger partial charge in [0.05, 0.1) is 46.8 Å². The van der Waals surface area contributed by atoms with E-state index in [4.69, 9.17) is 0 Å². The Balaban J connectivity index is 1.19. The number of rotatable bonds is 5. The minimum absolute atomic E-state index is 0.0111. The Kier molecular flexibility index (Phi) is 6.26. The standard InChI is InChI=1S/C28H29N3O5S2/c1-29(16-21-14-18-6-2-3-10-24(18)37-21)26(32)19-7-5-12-30(15-19)23-9-4-8-22-25(23)28(34)31(27(22)33)20-11-13-38(35,36)17-20/h2-4,6,8-10,14,19-20H,5,7,11-13,15-17H2,1H3/t19-,20-/m0/s1. The highest BCUT2D eigenvalue weighted by atomic mass is 32.2. The molecule has 3 aliphatic heterocycles. The van der Waals surface area contributed by atoms with Gasteiger partial charge in [0.2, 0.25) is 5.91 Å². The molecule has 4 heterocycles. The summed E-state index contributed by atoms with van der Waals surface area (Å²) in [6.45, 7) is 1.69. The topological polar surface area (TPSA) is 95.1 Å². The van der Waals surface area contributed by atoms with Crippen molar-refractivity contribution in [3.63, 3.8) is 0 Å². The second kappa shape index (κ2) is 9.50. The van der Waals surface area contributed by atoms with Crippen LogP contribution in [0.5, 0.6) is 0 Å². The fourth-order valence-corrected chi connectivity index (χ4v) is 8.81. The monoisotopic (exact) mass is 551 g/mol. The molecule has 0 spiro atoms. The van der Waals surface area contributed by atoms with Gasteiger partial charge < -0.3 is 9.80 Å². The number of fused-ring (bicyclic) bond motifs is 2. The van der Waals surface area contributed by atoms with Crippen LogP contribution in [0.1, 0.15) is 44.9 Å². The molecule has 3 aliphatic rings. The molecule has 2 atom stereocenters. The highest BCUT2D eigenvalue weighted by Gasteiger charge is 2.46. The van der Waals surface area contributed by atoms with E-state index >= 15 is 0 Å². The van der Waals surface area contributed by atoms with Crippen molar-refractivity contribution in [2.45, 2.75) is 31.8 Å². The summed E-state index contributed by atoms with van der Waals surface area (Å²) in [5, 5.41) is 1.18. The molecular weight excluding hydrogens is 522 g/mol. The zero-order valence-electron chi connectivity index (χ0n) is 21.1. The van der Waals surface area contributed by atoms with Crippen molar-refractivity contribution in [3.8, 4) is 0 Å². The van der Waals surface area contributed by atoms with Crippen LogP contribution in [0.25, 0.3) is 10.1 Å². The van der Waals surface area contributed by atoms with E-state index in [2.05, 4.69) is 18.2 Å². The summed E-state index contributed by atoms with van der Waals surface area (Å²) >= 11 is 1.70. The first-order chi connectivity index (χ1) is 18.2. The van der Waals surface area contributed by atoms with Gasteiger partial charge in [-0.05, 0) is 48.9 Å². The van der Waals surface area contributed by atoms with Gasteiger partial charge >= 0.3 is 0 Å². The summed E-state index contributed by atoms with van der Waals surface area (Å²) in [4.78, 5) is 46.2. The van der Waals surface area contributed by atoms with Crippen LogP contribution in [0.2, 0.25) is 0 Å². The molecule has 6 rings (SSSR count). The van der Waals surface area contributed by atoms with Crippen LogP contribution in [0.4, 0.5) is 5.69 Å². The fourth-order valence-electron chi connectivity index (χ4n) is 6.00. The molecule has 10 heteroatoms. The lowest BCUT2D eigenvalue weighted by Gasteiger charge is -2.36. The first-order valence-corrected chi connectivity index (χ1v) is 15.5. The molecule has 198 valence electrons. The normalized spacial score (nSPS) is 22.8. The van der Waals surface area contributed by atoms with Gasteiger partial charge in [0.25, 0.3) is 11.8 Å². The maximum atomic E-state index is 13.5. The van der Waals surface area contributed by atoms with Crippen LogP contribution < -0.4 is 4.90 Å². The van der Waals surface area contributed by atoms with E-state index in [0.717, 1.165) is 22.6 Å². The summed E-state index contributed by atoms with van der Waals surface area (Å²) in [7, 11) is -1.42.